The van der Waals surface area contributed by atoms with Crippen molar-refractivity contribution in [1.82, 2.24) is 4.90 Å². The molecule has 0 fully saturated rings. The van der Waals surface area contributed by atoms with Crippen LogP contribution in [0.2, 0.25) is 5.02 Å². The summed E-state index contributed by atoms with van der Waals surface area (Å²) in [6, 6.07) is 5.35. The molecule has 76 valence electrons. The van der Waals surface area contributed by atoms with E-state index in [1.54, 1.807) is 12.1 Å². The van der Waals surface area contributed by atoms with Crippen LogP contribution in [-0.2, 0) is 0 Å². The van der Waals surface area contributed by atoms with Crippen LogP contribution in [0.4, 0.5) is 11.4 Å². The Balaban J connectivity index is 2.98. The van der Waals surface area contributed by atoms with Crippen LogP contribution in [0.15, 0.2) is 23.2 Å². The summed E-state index contributed by atoms with van der Waals surface area (Å²) in [5.74, 6) is 0.922. The topological polar surface area (TPSA) is 41.6 Å². The first-order chi connectivity index (χ1) is 6.50. The van der Waals surface area contributed by atoms with Crippen molar-refractivity contribution in [2.24, 2.45) is 4.99 Å². The zero-order valence-corrected chi connectivity index (χ0v) is 9.34. The second kappa shape index (κ2) is 4.33. The van der Waals surface area contributed by atoms with Gasteiger partial charge in [0.15, 0.2) is 0 Å². The van der Waals surface area contributed by atoms with Crippen molar-refractivity contribution in [1.29, 1.82) is 0 Å². The zero-order valence-electron chi connectivity index (χ0n) is 8.58. The molecule has 0 bridgehead atoms. The van der Waals surface area contributed by atoms with Gasteiger partial charge in [-0.15, -0.1) is 0 Å². The molecule has 0 radical (unpaired) electrons. The highest BCUT2D eigenvalue weighted by Crippen LogP contribution is 2.24. The second-order valence-electron chi connectivity index (χ2n) is 3.26. The molecule has 0 aliphatic heterocycles. The Morgan fingerprint density at radius 2 is 2.07 bits per heavy atom. The van der Waals surface area contributed by atoms with Crippen LogP contribution >= 0.6 is 11.6 Å². The van der Waals surface area contributed by atoms with E-state index in [0.717, 1.165) is 11.5 Å². The Kier molecular flexibility index (Phi) is 3.36. The predicted octanol–water partition coefficient (Wildman–Crippen LogP) is 2.53. The lowest BCUT2D eigenvalue weighted by Crippen LogP contribution is -2.17. The molecule has 14 heavy (non-hydrogen) atoms. The minimum Gasteiger partial charge on any atom is -0.398 e. The third-order valence-corrected chi connectivity index (χ3v) is 2.25. The van der Waals surface area contributed by atoms with Crippen LogP contribution < -0.4 is 5.73 Å². The van der Waals surface area contributed by atoms with E-state index in [1.165, 1.54) is 0 Å². The maximum Gasteiger partial charge on any atom is 0.101 e. The van der Waals surface area contributed by atoms with Crippen molar-refractivity contribution in [2.45, 2.75) is 6.92 Å². The number of nitrogens with zero attached hydrogens (tertiary/aromatic N) is 2. The highest BCUT2D eigenvalue weighted by atomic mass is 35.5. The molecule has 0 spiro atoms. The van der Waals surface area contributed by atoms with Crippen LogP contribution in [0.3, 0.4) is 0 Å². The van der Waals surface area contributed by atoms with Gasteiger partial charge in [-0.3, -0.25) is 0 Å². The molecule has 1 aromatic rings. The first-order valence-electron chi connectivity index (χ1n) is 4.28. The monoisotopic (exact) mass is 211 g/mol. The summed E-state index contributed by atoms with van der Waals surface area (Å²) in [6.07, 6.45) is 0. The number of halogens is 1. The van der Waals surface area contributed by atoms with E-state index in [4.69, 9.17) is 17.3 Å². The number of nitrogens with two attached hydrogens (primary N) is 1. The van der Waals surface area contributed by atoms with Gasteiger partial charge >= 0.3 is 0 Å². The fraction of sp³-hybridized carbons (Fsp3) is 0.300. The van der Waals surface area contributed by atoms with Crippen LogP contribution in [0.25, 0.3) is 0 Å². The van der Waals surface area contributed by atoms with Gasteiger partial charge in [0.1, 0.15) is 5.84 Å². The van der Waals surface area contributed by atoms with Gasteiger partial charge in [0.05, 0.1) is 16.4 Å². The Bertz CT molecular complexity index is 358. The summed E-state index contributed by atoms with van der Waals surface area (Å²) in [6.45, 7) is 1.93. The SMILES string of the molecule is CC(=Nc1ccc(N)c(Cl)c1)N(C)C. The maximum absolute atomic E-state index is 5.87. The fourth-order valence-electron chi connectivity index (χ4n) is 0.872. The van der Waals surface area contributed by atoms with Crippen molar-refractivity contribution in [3.8, 4) is 0 Å². The van der Waals surface area contributed by atoms with Crippen molar-refractivity contribution < 1.29 is 0 Å². The molecule has 0 amide bonds. The normalized spacial score (nSPS) is 11.6. The van der Waals surface area contributed by atoms with E-state index in [-0.39, 0.29) is 0 Å². The van der Waals surface area contributed by atoms with Gasteiger partial charge in [0.2, 0.25) is 0 Å². The van der Waals surface area contributed by atoms with E-state index in [0.29, 0.717) is 10.7 Å². The maximum atomic E-state index is 5.87. The average molecular weight is 212 g/mol. The Morgan fingerprint density at radius 3 is 2.57 bits per heavy atom. The van der Waals surface area contributed by atoms with E-state index in [1.807, 2.05) is 32.0 Å². The summed E-state index contributed by atoms with van der Waals surface area (Å²) < 4.78 is 0. The summed E-state index contributed by atoms with van der Waals surface area (Å²) in [7, 11) is 3.88. The van der Waals surface area contributed by atoms with Gasteiger partial charge in [-0.05, 0) is 25.1 Å². The predicted molar refractivity (Wildman–Crippen MR) is 62.3 cm³/mol. The van der Waals surface area contributed by atoms with E-state index in [2.05, 4.69) is 4.99 Å². The van der Waals surface area contributed by atoms with Gasteiger partial charge in [-0.25, -0.2) is 4.99 Å². The largest absolute Gasteiger partial charge is 0.398 e. The van der Waals surface area contributed by atoms with Crippen molar-refractivity contribution >= 4 is 28.8 Å². The smallest absolute Gasteiger partial charge is 0.101 e. The summed E-state index contributed by atoms with van der Waals surface area (Å²) in [5, 5.41) is 0.540. The lowest BCUT2D eigenvalue weighted by Gasteiger charge is -2.11. The number of aliphatic imine (C=N–C) groups is 1. The molecule has 0 aliphatic rings. The van der Waals surface area contributed by atoms with Crippen molar-refractivity contribution in [3.63, 3.8) is 0 Å². The molecular weight excluding hydrogens is 198 g/mol. The minimum atomic E-state index is 0.540. The first-order valence-corrected chi connectivity index (χ1v) is 4.66. The molecule has 4 heteroatoms. The average Bonchev–Trinajstić information content (AvgIpc) is 2.11. The zero-order chi connectivity index (χ0) is 10.7. The number of rotatable bonds is 1. The molecule has 0 atom stereocenters. The number of nitrogen functional groups attached to an aromatic ring is 1. The molecule has 1 aromatic carbocycles. The number of hydrogen-bond acceptors (Lipinski definition) is 2. The van der Waals surface area contributed by atoms with Gasteiger partial charge < -0.3 is 10.6 Å². The first kappa shape index (κ1) is 10.9. The minimum absolute atomic E-state index is 0.540. The third kappa shape index (κ3) is 2.64. The van der Waals surface area contributed by atoms with E-state index in [9.17, 15) is 0 Å². The summed E-state index contributed by atoms with van der Waals surface area (Å²) in [4.78, 5) is 6.30. The standard InChI is InChI=1S/C10H14ClN3/c1-7(14(2)3)13-8-4-5-10(12)9(11)6-8/h4-6H,12H2,1-3H3. The molecule has 0 saturated heterocycles. The molecule has 3 nitrogen and oxygen atoms in total. The fourth-order valence-corrected chi connectivity index (χ4v) is 1.05. The Morgan fingerprint density at radius 1 is 1.43 bits per heavy atom. The van der Waals surface area contributed by atoms with Crippen LogP contribution in [0.1, 0.15) is 6.92 Å². The van der Waals surface area contributed by atoms with Gasteiger partial charge in [0.25, 0.3) is 0 Å². The molecule has 1 rings (SSSR count). The third-order valence-electron chi connectivity index (χ3n) is 1.92. The van der Waals surface area contributed by atoms with Crippen LogP contribution in [0, 0.1) is 0 Å². The van der Waals surface area contributed by atoms with Crippen LogP contribution in [-0.4, -0.2) is 24.8 Å². The molecule has 0 aromatic heterocycles. The highest BCUT2D eigenvalue weighted by molar-refractivity contribution is 6.33. The number of anilines is 1. The van der Waals surface area contributed by atoms with Crippen molar-refractivity contribution in [3.05, 3.63) is 23.2 Å². The Labute approximate surface area is 89.2 Å². The quantitative estimate of drug-likeness (QED) is 0.441. The second-order valence-corrected chi connectivity index (χ2v) is 3.67. The number of benzene rings is 1. The molecule has 0 saturated carbocycles. The van der Waals surface area contributed by atoms with Crippen LogP contribution in [0.5, 0.6) is 0 Å². The highest BCUT2D eigenvalue weighted by Gasteiger charge is 1.98. The van der Waals surface area contributed by atoms with Gasteiger partial charge in [-0.1, -0.05) is 11.6 Å². The lowest BCUT2D eigenvalue weighted by molar-refractivity contribution is 0.619. The molecule has 0 unspecified atom stereocenters. The molecule has 0 heterocycles. The van der Waals surface area contributed by atoms with Crippen molar-refractivity contribution in [2.75, 3.05) is 19.8 Å². The molecule has 0 aliphatic carbocycles. The number of amidine groups is 1. The van der Waals surface area contributed by atoms with Gasteiger partial charge in [-0.2, -0.15) is 0 Å². The number of hydrogen-bond donors (Lipinski definition) is 1. The Hall–Kier alpha value is -1.22. The van der Waals surface area contributed by atoms with Gasteiger partial charge in [0, 0.05) is 14.1 Å². The summed E-state index contributed by atoms with van der Waals surface area (Å²) >= 11 is 5.87. The molecule has 2 N–H and O–H groups in total. The molecular formula is C10H14ClN3. The summed E-state index contributed by atoms with van der Waals surface area (Å²) in [5.41, 5.74) is 6.98. The lowest BCUT2D eigenvalue weighted by atomic mass is 10.3. The van der Waals surface area contributed by atoms with E-state index < -0.39 is 0 Å². The van der Waals surface area contributed by atoms with E-state index >= 15 is 0 Å².